The van der Waals surface area contributed by atoms with E-state index in [9.17, 15) is 9.18 Å². The number of ether oxygens (including phenoxy) is 1. The van der Waals surface area contributed by atoms with Gasteiger partial charge in [0.25, 0.3) is 0 Å². The Morgan fingerprint density at radius 3 is 3.00 bits per heavy atom. The smallest absolute Gasteiger partial charge is 0.211 e. The van der Waals surface area contributed by atoms with E-state index in [1.165, 1.54) is 6.07 Å². The van der Waals surface area contributed by atoms with Crippen molar-refractivity contribution in [2.75, 3.05) is 11.9 Å². The van der Waals surface area contributed by atoms with Gasteiger partial charge in [-0.1, -0.05) is 17.5 Å². The maximum Gasteiger partial charge on any atom is 0.211 e. The SMILES string of the molecule is C#CCOc1cc(NC=O)c(F)cc1Cl. The molecule has 0 radical (unpaired) electrons. The van der Waals surface area contributed by atoms with Crippen molar-refractivity contribution >= 4 is 23.7 Å². The van der Waals surface area contributed by atoms with Gasteiger partial charge in [0.15, 0.2) is 0 Å². The van der Waals surface area contributed by atoms with Crippen molar-refractivity contribution in [1.82, 2.24) is 0 Å². The van der Waals surface area contributed by atoms with Crippen LogP contribution in [0, 0.1) is 18.2 Å². The number of hydrogen-bond acceptors (Lipinski definition) is 2. The summed E-state index contributed by atoms with van der Waals surface area (Å²) in [7, 11) is 0. The summed E-state index contributed by atoms with van der Waals surface area (Å²) in [6.07, 6.45) is 5.35. The molecule has 0 aliphatic heterocycles. The topological polar surface area (TPSA) is 38.3 Å². The van der Waals surface area contributed by atoms with Crippen LogP contribution in [0.3, 0.4) is 0 Å². The van der Waals surface area contributed by atoms with Gasteiger partial charge in [-0.15, -0.1) is 6.42 Å². The number of benzene rings is 1. The first-order chi connectivity index (χ1) is 7.19. The van der Waals surface area contributed by atoms with Gasteiger partial charge in [0.1, 0.15) is 18.2 Å². The van der Waals surface area contributed by atoms with E-state index in [0.717, 1.165) is 6.07 Å². The van der Waals surface area contributed by atoms with Crippen molar-refractivity contribution < 1.29 is 13.9 Å². The molecule has 3 nitrogen and oxygen atoms in total. The Hall–Kier alpha value is -1.73. The molecule has 0 bridgehead atoms. The molecule has 0 aliphatic carbocycles. The third kappa shape index (κ3) is 2.86. The fraction of sp³-hybridized carbons (Fsp3) is 0.100. The molecular weight excluding hydrogens is 221 g/mol. The Bertz CT molecular complexity index is 415. The Labute approximate surface area is 91.2 Å². The highest BCUT2D eigenvalue weighted by Crippen LogP contribution is 2.30. The van der Waals surface area contributed by atoms with Gasteiger partial charge < -0.3 is 10.1 Å². The minimum Gasteiger partial charge on any atom is -0.479 e. The molecule has 1 aromatic carbocycles. The fourth-order valence-electron chi connectivity index (χ4n) is 0.933. The van der Waals surface area contributed by atoms with Crippen molar-refractivity contribution in [3.63, 3.8) is 0 Å². The fourth-order valence-corrected chi connectivity index (χ4v) is 1.14. The van der Waals surface area contributed by atoms with Gasteiger partial charge in [0, 0.05) is 6.07 Å². The van der Waals surface area contributed by atoms with Crippen molar-refractivity contribution in [1.29, 1.82) is 0 Å². The van der Waals surface area contributed by atoms with Crippen molar-refractivity contribution in [2.45, 2.75) is 0 Å². The standard InChI is InChI=1S/C10H7ClFNO2/c1-2-3-15-10-5-9(13-6-14)8(12)4-7(10)11/h1,4-6H,3H2,(H,13,14). The zero-order chi connectivity index (χ0) is 11.3. The van der Waals surface area contributed by atoms with E-state index >= 15 is 0 Å². The first-order valence-electron chi connectivity index (χ1n) is 3.94. The zero-order valence-corrected chi connectivity index (χ0v) is 8.34. The predicted octanol–water partition coefficient (Wildman–Crippen LogP) is 2.06. The number of carbonyl (C=O) groups is 1. The maximum atomic E-state index is 13.1. The molecule has 78 valence electrons. The molecule has 0 aromatic heterocycles. The molecule has 0 unspecified atom stereocenters. The van der Waals surface area contributed by atoms with E-state index in [4.69, 9.17) is 22.8 Å². The average Bonchev–Trinajstić information content (AvgIpc) is 2.20. The molecule has 0 saturated heterocycles. The monoisotopic (exact) mass is 227 g/mol. The minimum absolute atomic E-state index is 0.0126. The number of hydrogen-bond donors (Lipinski definition) is 1. The quantitative estimate of drug-likeness (QED) is 0.632. The first kappa shape index (κ1) is 11.3. The molecule has 1 N–H and O–H groups in total. The number of halogens is 2. The number of terminal acetylenes is 1. The molecule has 15 heavy (non-hydrogen) atoms. The molecule has 0 aliphatic rings. The molecule has 5 heteroatoms. The highest BCUT2D eigenvalue weighted by atomic mass is 35.5. The van der Waals surface area contributed by atoms with Crippen LogP contribution < -0.4 is 10.1 Å². The van der Waals surface area contributed by atoms with Crippen LogP contribution in [-0.4, -0.2) is 13.0 Å². The lowest BCUT2D eigenvalue weighted by Crippen LogP contribution is -2.00. The predicted molar refractivity (Wildman–Crippen MR) is 55.4 cm³/mol. The van der Waals surface area contributed by atoms with Crippen LogP contribution in [0.25, 0.3) is 0 Å². The first-order valence-corrected chi connectivity index (χ1v) is 4.32. The molecule has 1 rings (SSSR count). The van der Waals surface area contributed by atoms with E-state index in [1.54, 1.807) is 0 Å². The van der Waals surface area contributed by atoms with E-state index in [-0.39, 0.29) is 23.1 Å². The van der Waals surface area contributed by atoms with Gasteiger partial charge in [-0.25, -0.2) is 4.39 Å². The van der Waals surface area contributed by atoms with Gasteiger partial charge >= 0.3 is 0 Å². The highest BCUT2D eigenvalue weighted by Gasteiger charge is 2.08. The van der Waals surface area contributed by atoms with Crippen LogP contribution >= 0.6 is 11.6 Å². The van der Waals surface area contributed by atoms with Crippen molar-refractivity contribution in [3.05, 3.63) is 23.0 Å². The second-order valence-corrected chi connectivity index (χ2v) is 2.92. The molecule has 0 fully saturated rings. The van der Waals surface area contributed by atoms with Crippen LogP contribution in [0.4, 0.5) is 10.1 Å². The van der Waals surface area contributed by atoms with Gasteiger partial charge in [0.05, 0.1) is 10.7 Å². The third-order valence-corrected chi connectivity index (χ3v) is 1.84. The van der Waals surface area contributed by atoms with Gasteiger partial charge in [-0.2, -0.15) is 0 Å². The van der Waals surface area contributed by atoms with Crippen LogP contribution in [0.15, 0.2) is 12.1 Å². The summed E-state index contributed by atoms with van der Waals surface area (Å²) in [6.45, 7) is 0.0197. The number of anilines is 1. The summed E-state index contributed by atoms with van der Waals surface area (Å²) >= 11 is 5.69. The van der Waals surface area contributed by atoms with Gasteiger partial charge in [-0.3, -0.25) is 4.79 Å². The maximum absolute atomic E-state index is 13.1. The third-order valence-electron chi connectivity index (χ3n) is 1.55. The molecule has 0 saturated carbocycles. The lowest BCUT2D eigenvalue weighted by Gasteiger charge is -2.08. The van der Waals surface area contributed by atoms with E-state index < -0.39 is 5.82 Å². The van der Waals surface area contributed by atoms with Crippen molar-refractivity contribution in [3.8, 4) is 18.1 Å². The molecule has 0 spiro atoms. The van der Waals surface area contributed by atoms with E-state index in [2.05, 4.69) is 11.2 Å². The average molecular weight is 228 g/mol. The Balaban J connectivity index is 3.01. The normalized spacial score (nSPS) is 9.13. The molecule has 0 heterocycles. The number of carbonyl (C=O) groups excluding carboxylic acids is 1. The summed E-state index contributed by atoms with van der Waals surface area (Å²) < 4.78 is 18.2. The lowest BCUT2D eigenvalue weighted by molar-refractivity contribution is -0.105. The number of nitrogens with one attached hydrogen (secondary N) is 1. The number of rotatable bonds is 4. The highest BCUT2D eigenvalue weighted by molar-refractivity contribution is 6.32. The van der Waals surface area contributed by atoms with Gasteiger partial charge in [0.2, 0.25) is 6.41 Å². The van der Waals surface area contributed by atoms with Crippen LogP contribution in [0.5, 0.6) is 5.75 Å². The molecule has 1 amide bonds. The zero-order valence-electron chi connectivity index (χ0n) is 7.59. The van der Waals surface area contributed by atoms with Crippen LogP contribution in [0.2, 0.25) is 5.02 Å². The molecule has 0 atom stereocenters. The molecule has 1 aromatic rings. The Morgan fingerprint density at radius 1 is 1.67 bits per heavy atom. The Morgan fingerprint density at radius 2 is 2.40 bits per heavy atom. The summed E-state index contributed by atoms with van der Waals surface area (Å²) in [6, 6.07) is 2.31. The largest absolute Gasteiger partial charge is 0.479 e. The van der Waals surface area contributed by atoms with Crippen LogP contribution in [0.1, 0.15) is 0 Å². The van der Waals surface area contributed by atoms with E-state index in [0.29, 0.717) is 6.41 Å². The van der Waals surface area contributed by atoms with Crippen LogP contribution in [-0.2, 0) is 4.79 Å². The molecular formula is C10H7ClFNO2. The summed E-state index contributed by atoms with van der Waals surface area (Å²) in [5, 5.41) is 2.27. The van der Waals surface area contributed by atoms with E-state index in [1.807, 2.05) is 0 Å². The minimum atomic E-state index is -0.639. The van der Waals surface area contributed by atoms with Crippen molar-refractivity contribution in [2.24, 2.45) is 0 Å². The summed E-state index contributed by atoms with van der Waals surface area (Å²) in [5.74, 6) is 1.83. The lowest BCUT2D eigenvalue weighted by atomic mass is 10.3. The summed E-state index contributed by atoms with van der Waals surface area (Å²) in [5.41, 5.74) is -0.0126. The second kappa shape index (κ2) is 5.23. The number of amides is 1. The van der Waals surface area contributed by atoms with Gasteiger partial charge in [-0.05, 0) is 6.07 Å². The summed E-state index contributed by atoms with van der Waals surface area (Å²) in [4.78, 5) is 10.2. The second-order valence-electron chi connectivity index (χ2n) is 2.52. The Kier molecular flexibility index (Phi) is 3.95.